The van der Waals surface area contributed by atoms with Crippen molar-refractivity contribution in [3.63, 3.8) is 0 Å². The van der Waals surface area contributed by atoms with E-state index in [1.54, 1.807) is 17.8 Å². The van der Waals surface area contributed by atoms with Crippen LogP contribution < -0.4 is 0 Å². The van der Waals surface area contributed by atoms with Crippen LogP contribution >= 0.6 is 11.8 Å². The van der Waals surface area contributed by atoms with Crippen LogP contribution in [0.2, 0.25) is 0 Å². The van der Waals surface area contributed by atoms with Gasteiger partial charge in [-0.3, -0.25) is 4.79 Å². The van der Waals surface area contributed by atoms with Crippen molar-refractivity contribution in [2.24, 2.45) is 0 Å². The SMILES string of the molecule is CCCCCc1ccc(C=CC(=O)c2ccc(SCC)cc2)cc1. The number of carbonyl (C=O) groups is 1. The zero-order valence-electron chi connectivity index (χ0n) is 14.6. The molecule has 2 aromatic carbocycles. The Labute approximate surface area is 150 Å². The van der Waals surface area contributed by atoms with Crippen LogP contribution in [-0.2, 0) is 6.42 Å². The lowest BCUT2D eigenvalue weighted by molar-refractivity contribution is 0.104. The molecular formula is C22H26OS. The van der Waals surface area contributed by atoms with Crippen molar-refractivity contribution in [1.82, 2.24) is 0 Å². The summed E-state index contributed by atoms with van der Waals surface area (Å²) in [6.45, 7) is 4.35. The van der Waals surface area contributed by atoms with Crippen LogP contribution in [0, 0.1) is 0 Å². The summed E-state index contributed by atoms with van der Waals surface area (Å²) in [5.74, 6) is 1.09. The third kappa shape index (κ3) is 6.01. The lowest BCUT2D eigenvalue weighted by Gasteiger charge is -2.02. The molecule has 0 unspecified atom stereocenters. The Bertz CT molecular complexity index is 653. The number of unbranched alkanes of at least 4 members (excludes halogenated alkanes) is 2. The van der Waals surface area contributed by atoms with Crippen LogP contribution in [0.1, 0.15) is 54.6 Å². The van der Waals surface area contributed by atoms with E-state index in [1.165, 1.54) is 29.7 Å². The lowest BCUT2D eigenvalue weighted by atomic mass is 10.0. The molecule has 0 saturated carbocycles. The van der Waals surface area contributed by atoms with E-state index in [9.17, 15) is 4.79 Å². The van der Waals surface area contributed by atoms with Crippen LogP contribution in [0.3, 0.4) is 0 Å². The highest BCUT2D eigenvalue weighted by atomic mass is 32.2. The highest BCUT2D eigenvalue weighted by Crippen LogP contribution is 2.18. The Morgan fingerprint density at radius 3 is 2.29 bits per heavy atom. The van der Waals surface area contributed by atoms with E-state index in [0.717, 1.165) is 23.3 Å². The third-order valence-corrected chi connectivity index (χ3v) is 4.82. The van der Waals surface area contributed by atoms with Crippen molar-refractivity contribution >= 4 is 23.6 Å². The molecule has 0 aliphatic rings. The molecule has 2 heteroatoms. The summed E-state index contributed by atoms with van der Waals surface area (Å²) in [7, 11) is 0. The Morgan fingerprint density at radius 1 is 0.958 bits per heavy atom. The van der Waals surface area contributed by atoms with Gasteiger partial charge in [0.15, 0.2) is 5.78 Å². The number of benzene rings is 2. The summed E-state index contributed by atoms with van der Waals surface area (Å²) in [6, 6.07) is 16.3. The van der Waals surface area contributed by atoms with E-state index in [0.29, 0.717) is 0 Å². The number of allylic oxidation sites excluding steroid dienone is 1. The van der Waals surface area contributed by atoms with Gasteiger partial charge in [0.1, 0.15) is 0 Å². The molecule has 0 N–H and O–H groups in total. The van der Waals surface area contributed by atoms with Gasteiger partial charge in [-0.15, -0.1) is 11.8 Å². The molecular weight excluding hydrogens is 312 g/mol. The molecule has 0 bridgehead atoms. The smallest absolute Gasteiger partial charge is 0.185 e. The van der Waals surface area contributed by atoms with Crippen LogP contribution in [0.25, 0.3) is 6.08 Å². The molecule has 0 heterocycles. The van der Waals surface area contributed by atoms with Crippen molar-refractivity contribution in [2.45, 2.75) is 44.4 Å². The minimum atomic E-state index is 0.0510. The fourth-order valence-corrected chi connectivity index (χ4v) is 3.19. The first kappa shape index (κ1) is 18.5. The Kier molecular flexibility index (Phi) is 7.84. The predicted molar refractivity (Wildman–Crippen MR) is 106 cm³/mol. The van der Waals surface area contributed by atoms with Gasteiger partial charge in [-0.25, -0.2) is 0 Å². The van der Waals surface area contributed by atoms with E-state index < -0.39 is 0 Å². The van der Waals surface area contributed by atoms with E-state index >= 15 is 0 Å². The summed E-state index contributed by atoms with van der Waals surface area (Å²) in [6.07, 6.45) is 8.48. The molecule has 126 valence electrons. The third-order valence-electron chi connectivity index (χ3n) is 3.93. The molecule has 0 fully saturated rings. The summed E-state index contributed by atoms with van der Waals surface area (Å²) in [5, 5.41) is 0. The molecule has 0 spiro atoms. The minimum Gasteiger partial charge on any atom is -0.289 e. The fourth-order valence-electron chi connectivity index (χ4n) is 2.52. The van der Waals surface area contributed by atoms with Gasteiger partial charge in [-0.05, 0) is 60.1 Å². The predicted octanol–water partition coefficient (Wildman–Crippen LogP) is 6.43. The zero-order valence-corrected chi connectivity index (χ0v) is 15.4. The van der Waals surface area contributed by atoms with Crippen molar-refractivity contribution in [2.75, 3.05) is 5.75 Å². The quantitative estimate of drug-likeness (QED) is 0.227. The van der Waals surface area contributed by atoms with Crippen molar-refractivity contribution in [3.05, 3.63) is 71.3 Å². The zero-order chi connectivity index (χ0) is 17.2. The summed E-state index contributed by atoms with van der Waals surface area (Å²) in [5.41, 5.74) is 3.18. The standard InChI is InChI=1S/C22H26OS/c1-3-5-6-7-18-8-10-19(11-9-18)12-17-22(23)20-13-15-21(16-14-20)24-4-2/h8-17H,3-7H2,1-2H3. The fraction of sp³-hybridized carbons (Fsp3) is 0.318. The highest BCUT2D eigenvalue weighted by Gasteiger charge is 2.02. The first-order valence-corrected chi connectivity index (χ1v) is 9.75. The van der Waals surface area contributed by atoms with Crippen LogP contribution in [0.15, 0.2) is 59.5 Å². The molecule has 0 saturated heterocycles. The maximum absolute atomic E-state index is 12.2. The molecule has 2 rings (SSSR count). The average Bonchev–Trinajstić information content (AvgIpc) is 2.62. The molecule has 24 heavy (non-hydrogen) atoms. The lowest BCUT2D eigenvalue weighted by Crippen LogP contribution is -1.93. The van der Waals surface area contributed by atoms with Crippen molar-refractivity contribution in [1.29, 1.82) is 0 Å². The Morgan fingerprint density at radius 2 is 1.67 bits per heavy atom. The van der Waals surface area contributed by atoms with Gasteiger partial charge in [0.05, 0.1) is 0 Å². The van der Waals surface area contributed by atoms with Crippen LogP contribution in [0.5, 0.6) is 0 Å². The normalized spacial score (nSPS) is 11.1. The molecule has 0 radical (unpaired) electrons. The number of hydrogen-bond acceptors (Lipinski definition) is 2. The summed E-state index contributed by atoms with van der Waals surface area (Å²) < 4.78 is 0. The van der Waals surface area contributed by atoms with Gasteiger partial charge >= 0.3 is 0 Å². The summed E-state index contributed by atoms with van der Waals surface area (Å²) >= 11 is 1.78. The van der Waals surface area contributed by atoms with Gasteiger partial charge in [-0.2, -0.15) is 0 Å². The number of aryl methyl sites for hydroxylation is 1. The van der Waals surface area contributed by atoms with Gasteiger partial charge in [0.2, 0.25) is 0 Å². The monoisotopic (exact) mass is 338 g/mol. The second-order valence-corrected chi connectivity index (χ2v) is 7.19. The molecule has 0 aliphatic heterocycles. The van der Waals surface area contributed by atoms with Crippen LogP contribution in [0.4, 0.5) is 0 Å². The molecule has 1 nitrogen and oxygen atoms in total. The number of ketones is 1. The van der Waals surface area contributed by atoms with Gasteiger partial charge in [-0.1, -0.05) is 57.0 Å². The second kappa shape index (κ2) is 10.1. The largest absolute Gasteiger partial charge is 0.289 e. The minimum absolute atomic E-state index is 0.0510. The Balaban J connectivity index is 1.93. The number of hydrogen-bond donors (Lipinski definition) is 0. The topological polar surface area (TPSA) is 17.1 Å². The molecule has 2 aromatic rings. The molecule has 0 amide bonds. The number of thioether (sulfide) groups is 1. The number of carbonyl (C=O) groups excluding carboxylic acids is 1. The van der Waals surface area contributed by atoms with E-state index in [4.69, 9.17) is 0 Å². The maximum atomic E-state index is 12.2. The molecule has 0 aromatic heterocycles. The van der Waals surface area contributed by atoms with Crippen LogP contribution in [-0.4, -0.2) is 11.5 Å². The molecule has 0 aliphatic carbocycles. The van der Waals surface area contributed by atoms with E-state index in [1.807, 2.05) is 30.3 Å². The first-order valence-electron chi connectivity index (χ1n) is 8.77. The highest BCUT2D eigenvalue weighted by molar-refractivity contribution is 7.99. The average molecular weight is 339 g/mol. The van der Waals surface area contributed by atoms with Gasteiger partial charge in [0.25, 0.3) is 0 Å². The van der Waals surface area contributed by atoms with Gasteiger partial charge in [0, 0.05) is 10.5 Å². The van der Waals surface area contributed by atoms with E-state index in [-0.39, 0.29) is 5.78 Å². The van der Waals surface area contributed by atoms with Crippen molar-refractivity contribution in [3.8, 4) is 0 Å². The second-order valence-electron chi connectivity index (χ2n) is 5.85. The van der Waals surface area contributed by atoms with Gasteiger partial charge < -0.3 is 0 Å². The van der Waals surface area contributed by atoms with E-state index in [2.05, 4.69) is 38.1 Å². The number of rotatable bonds is 9. The van der Waals surface area contributed by atoms with Crippen molar-refractivity contribution < 1.29 is 4.79 Å². The summed E-state index contributed by atoms with van der Waals surface area (Å²) in [4.78, 5) is 13.4. The maximum Gasteiger partial charge on any atom is 0.185 e. The Hall–Kier alpha value is -1.80. The first-order chi connectivity index (χ1) is 11.7. The molecule has 0 atom stereocenters.